The number of amides is 1. The number of hydrogen-bond donors (Lipinski definition) is 0. The molecule has 0 spiro atoms. The second-order valence-corrected chi connectivity index (χ2v) is 6.62. The molecular formula is C18H20FN3O2. The maximum absolute atomic E-state index is 13.3. The number of nitrogens with zero attached hydrogens (tertiary/aromatic N) is 3. The molecule has 0 bridgehead atoms. The van der Waals surface area contributed by atoms with E-state index in [0.29, 0.717) is 24.1 Å². The van der Waals surface area contributed by atoms with Crippen LogP contribution in [0.25, 0.3) is 0 Å². The van der Waals surface area contributed by atoms with Gasteiger partial charge in [0.1, 0.15) is 24.2 Å². The van der Waals surface area contributed by atoms with Gasteiger partial charge >= 0.3 is 0 Å². The minimum atomic E-state index is -0.288. The van der Waals surface area contributed by atoms with E-state index in [4.69, 9.17) is 4.74 Å². The van der Waals surface area contributed by atoms with Gasteiger partial charge < -0.3 is 9.64 Å². The van der Waals surface area contributed by atoms with Crippen molar-refractivity contribution in [3.8, 4) is 5.75 Å². The third kappa shape index (κ3) is 3.00. The van der Waals surface area contributed by atoms with Crippen molar-refractivity contribution in [3.63, 3.8) is 0 Å². The van der Waals surface area contributed by atoms with Crippen LogP contribution in [0.3, 0.4) is 0 Å². The molecule has 6 heteroatoms. The van der Waals surface area contributed by atoms with Crippen molar-refractivity contribution in [2.75, 3.05) is 13.1 Å². The summed E-state index contributed by atoms with van der Waals surface area (Å²) in [4.78, 5) is 14.3. The molecule has 1 saturated heterocycles. The SMILES string of the molecule is O=C(Cn1cccn1)N1C[C@@H]2CC[C@H](Oc3cccc(F)c3)[C@@H]2C1. The summed E-state index contributed by atoms with van der Waals surface area (Å²) >= 11 is 0. The summed E-state index contributed by atoms with van der Waals surface area (Å²) in [5.41, 5.74) is 0. The van der Waals surface area contributed by atoms with Crippen molar-refractivity contribution >= 4 is 5.91 Å². The van der Waals surface area contributed by atoms with Crippen LogP contribution in [0.2, 0.25) is 0 Å². The van der Waals surface area contributed by atoms with E-state index in [2.05, 4.69) is 5.10 Å². The average molecular weight is 329 g/mol. The molecule has 2 heterocycles. The highest BCUT2D eigenvalue weighted by Gasteiger charge is 2.45. The van der Waals surface area contributed by atoms with Crippen molar-refractivity contribution in [1.29, 1.82) is 0 Å². The van der Waals surface area contributed by atoms with Crippen molar-refractivity contribution in [2.45, 2.75) is 25.5 Å². The van der Waals surface area contributed by atoms with Crippen LogP contribution in [-0.2, 0) is 11.3 Å². The normalized spacial score (nSPS) is 25.7. The Morgan fingerprint density at radius 3 is 3.00 bits per heavy atom. The molecule has 1 saturated carbocycles. The van der Waals surface area contributed by atoms with Crippen LogP contribution in [0.15, 0.2) is 42.7 Å². The zero-order valence-corrected chi connectivity index (χ0v) is 13.3. The number of halogens is 1. The summed E-state index contributed by atoms with van der Waals surface area (Å²) < 4.78 is 21.0. The van der Waals surface area contributed by atoms with Crippen molar-refractivity contribution in [3.05, 3.63) is 48.5 Å². The Labute approximate surface area is 140 Å². The van der Waals surface area contributed by atoms with E-state index >= 15 is 0 Å². The lowest BCUT2D eigenvalue weighted by molar-refractivity contribution is -0.131. The zero-order chi connectivity index (χ0) is 16.5. The lowest BCUT2D eigenvalue weighted by Gasteiger charge is -2.22. The standard InChI is InChI=1S/C18H20FN3O2/c19-14-3-1-4-15(9-14)24-17-6-5-13-10-21(11-16(13)17)18(23)12-22-8-2-7-20-22/h1-4,7-9,13,16-17H,5-6,10-12H2/t13-,16+,17-/m0/s1. The number of ether oxygens (including phenoxy) is 1. The Bertz CT molecular complexity index is 719. The average Bonchev–Trinajstić information content (AvgIpc) is 3.26. The van der Waals surface area contributed by atoms with Crippen LogP contribution >= 0.6 is 0 Å². The van der Waals surface area contributed by atoms with Gasteiger partial charge in [0.25, 0.3) is 0 Å². The molecule has 2 aromatic rings. The minimum Gasteiger partial charge on any atom is -0.490 e. The Morgan fingerprint density at radius 2 is 2.21 bits per heavy atom. The lowest BCUT2D eigenvalue weighted by Crippen LogP contribution is -2.34. The minimum absolute atomic E-state index is 0.0549. The summed E-state index contributed by atoms with van der Waals surface area (Å²) in [6, 6.07) is 8.09. The lowest BCUT2D eigenvalue weighted by atomic mass is 9.99. The first-order valence-corrected chi connectivity index (χ1v) is 8.36. The molecule has 0 N–H and O–H groups in total. The molecule has 1 aliphatic carbocycles. The Hall–Kier alpha value is -2.37. The highest BCUT2D eigenvalue weighted by molar-refractivity contribution is 5.76. The number of aromatic nitrogens is 2. The van der Waals surface area contributed by atoms with Crippen molar-refractivity contribution < 1.29 is 13.9 Å². The summed E-state index contributed by atoms with van der Waals surface area (Å²) in [5.74, 6) is 1.18. The van der Waals surface area contributed by atoms with Gasteiger partial charge in [-0.3, -0.25) is 9.48 Å². The molecule has 4 rings (SSSR count). The van der Waals surface area contributed by atoms with Crippen LogP contribution in [-0.4, -0.2) is 39.8 Å². The predicted molar refractivity (Wildman–Crippen MR) is 85.8 cm³/mol. The summed E-state index contributed by atoms with van der Waals surface area (Å²) in [6.45, 7) is 1.78. The van der Waals surface area contributed by atoms with E-state index in [1.165, 1.54) is 12.1 Å². The number of carbonyl (C=O) groups excluding carboxylic acids is 1. The van der Waals surface area contributed by atoms with E-state index in [1.54, 1.807) is 29.2 Å². The number of benzene rings is 1. The Kier molecular flexibility index (Phi) is 3.96. The fraction of sp³-hybridized carbons (Fsp3) is 0.444. The fourth-order valence-corrected chi connectivity index (χ4v) is 3.91. The van der Waals surface area contributed by atoms with Gasteiger partial charge in [-0.15, -0.1) is 0 Å². The quantitative estimate of drug-likeness (QED) is 0.865. The third-order valence-electron chi connectivity index (χ3n) is 5.08. The van der Waals surface area contributed by atoms with E-state index < -0.39 is 0 Å². The first kappa shape index (κ1) is 15.2. The monoisotopic (exact) mass is 329 g/mol. The number of hydrogen-bond acceptors (Lipinski definition) is 3. The Balaban J connectivity index is 1.39. The fourth-order valence-electron chi connectivity index (χ4n) is 3.91. The molecule has 3 atom stereocenters. The predicted octanol–water partition coefficient (Wildman–Crippen LogP) is 2.34. The van der Waals surface area contributed by atoms with Gasteiger partial charge in [-0.1, -0.05) is 6.07 Å². The van der Waals surface area contributed by atoms with Crippen LogP contribution in [0.1, 0.15) is 12.8 Å². The van der Waals surface area contributed by atoms with E-state index in [1.807, 2.05) is 11.0 Å². The first-order chi connectivity index (χ1) is 11.7. The molecule has 1 aliphatic heterocycles. The molecule has 24 heavy (non-hydrogen) atoms. The van der Waals surface area contributed by atoms with Crippen LogP contribution in [0, 0.1) is 17.7 Å². The van der Waals surface area contributed by atoms with E-state index in [0.717, 1.165) is 19.4 Å². The van der Waals surface area contributed by atoms with Gasteiger partial charge in [0.05, 0.1) is 0 Å². The zero-order valence-electron chi connectivity index (χ0n) is 13.3. The number of carbonyl (C=O) groups is 1. The Morgan fingerprint density at radius 1 is 1.29 bits per heavy atom. The molecule has 0 radical (unpaired) electrons. The first-order valence-electron chi connectivity index (χ1n) is 8.36. The number of rotatable bonds is 4. The molecule has 1 aromatic heterocycles. The summed E-state index contributed by atoms with van der Waals surface area (Å²) in [5, 5.41) is 4.09. The van der Waals surface area contributed by atoms with Gasteiger partial charge in [0, 0.05) is 37.5 Å². The molecule has 2 aliphatic rings. The molecule has 1 amide bonds. The third-order valence-corrected chi connectivity index (χ3v) is 5.08. The maximum Gasteiger partial charge on any atom is 0.244 e. The van der Waals surface area contributed by atoms with Gasteiger partial charge in [-0.2, -0.15) is 5.10 Å². The van der Waals surface area contributed by atoms with Crippen LogP contribution in [0.5, 0.6) is 5.75 Å². The van der Waals surface area contributed by atoms with E-state index in [-0.39, 0.29) is 24.4 Å². The molecule has 1 aromatic carbocycles. The molecule has 126 valence electrons. The molecular weight excluding hydrogens is 309 g/mol. The number of likely N-dealkylation sites (tertiary alicyclic amines) is 1. The largest absolute Gasteiger partial charge is 0.490 e. The summed E-state index contributed by atoms with van der Waals surface area (Å²) in [7, 11) is 0. The van der Waals surface area contributed by atoms with Gasteiger partial charge in [-0.25, -0.2) is 4.39 Å². The molecule has 5 nitrogen and oxygen atoms in total. The van der Waals surface area contributed by atoms with Gasteiger partial charge in [0.15, 0.2) is 0 Å². The smallest absolute Gasteiger partial charge is 0.244 e. The second kappa shape index (κ2) is 6.26. The topological polar surface area (TPSA) is 47.4 Å². The van der Waals surface area contributed by atoms with E-state index in [9.17, 15) is 9.18 Å². The van der Waals surface area contributed by atoms with Crippen molar-refractivity contribution in [1.82, 2.24) is 14.7 Å². The van der Waals surface area contributed by atoms with Gasteiger partial charge in [-0.05, 0) is 37.0 Å². The van der Waals surface area contributed by atoms with Crippen LogP contribution in [0.4, 0.5) is 4.39 Å². The van der Waals surface area contributed by atoms with Gasteiger partial charge in [0.2, 0.25) is 5.91 Å². The number of fused-ring (bicyclic) bond motifs is 1. The summed E-state index contributed by atoms with van der Waals surface area (Å²) in [6.07, 6.45) is 5.54. The van der Waals surface area contributed by atoms with Crippen molar-refractivity contribution in [2.24, 2.45) is 11.8 Å². The maximum atomic E-state index is 13.3. The highest BCUT2D eigenvalue weighted by Crippen LogP contribution is 2.40. The van der Waals surface area contributed by atoms with Crippen LogP contribution < -0.4 is 4.74 Å². The highest BCUT2D eigenvalue weighted by atomic mass is 19.1. The molecule has 0 unspecified atom stereocenters. The second-order valence-electron chi connectivity index (χ2n) is 6.62. The molecule has 2 fully saturated rings.